The number of hydrogen-bond acceptors (Lipinski definition) is 7. The van der Waals surface area contributed by atoms with Crippen LogP contribution in [0.5, 0.6) is 11.5 Å². The number of aromatic nitrogens is 1. The van der Waals surface area contributed by atoms with Gasteiger partial charge < -0.3 is 24.5 Å². The fourth-order valence-corrected chi connectivity index (χ4v) is 6.68. The van der Waals surface area contributed by atoms with Gasteiger partial charge in [-0.15, -0.1) is 12.4 Å². The topological polar surface area (TPSA) is 103 Å². The van der Waals surface area contributed by atoms with Gasteiger partial charge in [0.15, 0.2) is 11.2 Å². The van der Waals surface area contributed by atoms with Crippen LogP contribution in [0.3, 0.4) is 0 Å². The summed E-state index contributed by atoms with van der Waals surface area (Å²) in [4.78, 5) is 30.2. The number of fused-ring (bicyclic) bond motifs is 3. The molecule has 0 saturated heterocycles. The third kappa shape index (κ3) is 8.58. The highest BCUT2D eigenvalue weighted by Crippen LogP contribution is 2.38. The first-order valence-electron chi connectivity index (χ1n) is 15.9. The van der Waals surface area contributed by atoms with E-state index in [2.05, 4.69) is 10.6 Å². The minimum absolute atomic E-state index is 0. The Labute approximate surface area is 285 Å². The molecule has 0 atom stereocenters. The van der Waals surface area contributed by atoms with E-state index in [0.717, 1.165) is 61.7 Å². The van der Waals surface area contributed by atoms with E-state index in [-0.39, 0.29) is 34.6 Å². The molecule has 0 aliphatic heterocycles. The first-order valence-corrected chi connectivity index (χ1v) is 16.7. The van der Waals surface area contributed by atoms with Crippen LogP contribution in [-0.4, -0.2) is 38.2 Å². The summed E-state index contributed by atoms with van der Waals surface area (Å²) in [6, 6.07) is 8.12. The molecule has 0 bridgehead atoms. The Kier molecular flexibility index (Phi) is 13.2. The molecule has 1 aliphatic carbocycles. The number of amides is 1. The van der Waals surface area contributed by atoms with Crippen molar-refractivity contribution in [1.29, 1.82) is 0 Å². The molecule has 11 heteroatoms. The van der Waals surface area contributed by atoms with Gasteiger partial charge >= 0.3 is 0 Å². The quantitative estimate of drug-likeness (QED) is 0.120. The first kappa shape index (κ1) is 35.7. The number of methoxy groups -OCH3 is 2. The van der Waals surface area contributed by atoms with Gasteiger partial charge in [0.05, 0.1) is 30.4 Å². The molecule has 0 radical (unpaired) electrons. The summed E-state index contributed by atoms with van der Waals surface area (Å²) >= 11 is 12.9. The van der Waals surface area contributed by atoms with E-state index in [4.69, 9.17) is 42.1 Å². The number of nitrogens with zero attached hydrogens (tertiary/aromatic N) is 1. The van der Waals surface area contributed by atoms with Crippen LogP contribution in [0.25, 0.3) is 21.9 Å². The van der Waals surface area contributed by atoms with E-state index in [1.165, 1.54) is 70.1 Å². The molecule has 2 N–H and O–H groups in total. The van der Waals surface area contributed by atoms with Gasteiger partial charge in [-0.3, -0.25) is 14.6 Å². The minimum Gasteiger partial charge on any atom is -0.496 e. The fourth-order valence-electron chi connectivity index (χ4n) is 6.10. The van der Waals surface area contributed by atoms with Crippen molar-refractivity contribution >= 4 is 69.1 Å². The number of pyridine rings is 1. The lowest BCUT2D eigenvalue weighted by atomic mass is 9.92. The van der Waals surface area contributed by atoms with Crippen LogP contribution in [0.2, 0.25) is 10.0 Å². The number of unbranched alkanes of at least 4 members (excludes halogenated alkanes) is 7. The highest BCUT2D eigenvalue weighted by atomic mass is 35.5. The maximum atomic E-state index is 12.7. The van der Waals surface area contributed by atoms with Crippen LogP contribution in [-0.2, 0) is 12.8 Å². The predicted octanol–water partition coefficient (Wildman–Crippen LogP) is 8.93. The SMILES string of the molecule is COc1cc(OC)c2c(=O)cc(C(=O)NCCCCCCCCCCNc3c4c(nc5cc(Cl)cc(Cl)c35)CCCC4)oc2c1.Cl. The number of anilines is 1. The van der Waals surface area contributed by atoms with Gasteiger partial charge in [-0.25, -0.2) is 0 Å². The number of aryl methyl sites for hydroxylation is 1. The van der Waals surface area contributed by atoms with Crippen molar-refractivity contribution in [3.8, 4) is 11.5 Å². The van der Waals surface area contributed by atoms with Crippen molar-refractivity contribution < 1.29 is 18.7 Å². The Morgan fingerprint density at radius 3 is 2.28 bits per heavy atom. The maximum Gasteiger partial charge on any atom is 0.287 e. The maximum absolute atomic E-state index is 12.7. The lowest BCUT2D eigenvalue weighted by molar-refractivity contribution is 0.0925. The van der Waals surface area contributed by atoms with Gasteiger partial charge in [0.25, 0.3) is 5.91 Å². The van der Waals surface area contributed by atoms with Gasteiger partial charge in [0, 0.05) is 47.4 Å². The van der Waals surface area contributed by atoms with E-state index < -0.39 is 5.91 Å². The number of hydrogen-bond donors (Lipinski definition) is 2. The number of benzene rings is 2. The second-order valence-electron chi connectivity index (χ2n) is 11.6. The van der Waals surface area contributed by atoms with E-state index in [9.17, 15) is 9.59 Å². The van der Waals surface area contributed by atoms with Gasteiger partial charge in [0.1, 0.15) is 22.5 Å². The number of nitrogens with one attached hydrogen (secondary N) is 2. The first-order chi connectivity index (χ1) is 21.9. The van der Waals surface area contributed by atoms with Crippen molar-refractivity contribution in [3.63, 3.8) is 0 Å². The smallest absolute Gasteiger partial charge is 0.287 e. The number of halogens is 3. The summed E-state index contributed by atoms with van der Waals surface area (Å²) in [7, 11) is 2.98. The third-order valence-electron chi connectivity index (χ3n) is 8.42. The molecule has 5 rings (SSSR count). The molecule has 46 heavy (non-hydrogen) atoms. The Bertz CT molecular complexity index is 1730. The van der Waals surface area contributed by atoms with Crippen LogP contribution in [0.15, 0.2) is 39.5 Å². The van der Waals surface area contributed by atoms with E-state index in [0.29, 0.717) is 28.1 Å². The molecule has 2 aromatic heterocycles. The molecule has 0 spiro atoms. The molecule has 0 saturated carbocycles. The second-order valence-corrected chi connectivity index (χ2v) is 12.4. The zero-order valence-corrected chi connectivity index (χ0v) is 28.8. The van der Waals surface area contributed by atoms with Crippen LogP contribution < -0.4 is 25.5 Å². The molecule has 4 aromatic rings. The van der Waals surface area contributed by atoms with Gasteiger partial charge in [-0.1, -0.05) is 61.7 Å². The van der Waals surface area contributed by atoms with E-state index in [1.54, 1.807) is 18.2 Å². The second kappa shape index (κ2) is 17.1. The average molecular weight is 691 g/mol. The molecule has 2 heterocycles. The Morgan fingerprint density at radius 2 is 1.57 bits per heavy atom. The fraction of sp³-hybridized carbons (Fsp3) is 0.457. The highest BCUT2D eigenvalue weighted by molar-refractivity contribution is 6.39. The van der Waals surface area contributed by atoms with Gasteiger partial charge in [0.2, 0.25) is 0 Å². The summed E-state index contributed by atoms with van der Waals surface area (Å²) in [6.07, 6.45) is 13.2. The van der Waals surface area contributed by atoms with Crippen LogP contribution in [0.4, 0.5) is 5.69 Å². The summed E-state index contributed by atoms with van der Waals surface area (Å²) in [5.41, 5.74) is 4.42. The summed E-state index contributed by atoms with van der Waals surface area (Å²) < 4.78 is 16.3. The molecule has 8 nitrogen and oxygen atoms in total. The number of rotatable bonds is 15. The number of carbonyl (C=O) groups excluding carboxylic acids is 1. The largest absolute Gasteiger partial charge is 0.496 e. The summed E-state index contributed by atoms with van der Waals surface area (Å²) in [6.45, 7) is 1.43. The predicted molar refractivity (Wildman–Crippen MR) is 189 cm³/mol. The van der Waals surface area contributed by atoms with Crippen molar-refractivity contribution in [2.45, 2.75) is 77.0 Å². The third-order valence-corrected chi connectivity index (χ3v) is 8.93. The van der Waals surface area contributed by atoms with Crippen molar-refractivity contribution in [3.05, 3.63) is 67.6 Å². The van der Waals surface area contributed by atoms with E-state index in [1.807, 2.05) is 6.07 Å². The highest BCUT2D eigenvalue weighted by Gasteiger charge is 2.20. The van der Waals surface area contributed by atoms with Crippen LogP contribution in [0, 0.1) is 0 Å². The monoisotopic (exact) mass is 689 g/mol. The molecule has 0 unspecified atom stereocenters. The molecular formula is C35H42Cl3N3O5. The van der Waals surface area contributed by atoms with Crippen molar-refractivity contribution in [2.24, 2.45) is 0 Å². The average Bonchev–Trinajstić information content (AvgIpc) is 3.03. The molecule has 1 amide bonds. The zero-order valence-electron chi connectivity index (χ0n) is 26.4. The lowest BCUT2D eigenvalue weighted by Gasteiger charge is -2.22. The molecular weight excluding hydrogens is 649 g/mol. The Balaban J connectivity index is 0.00000480. The zero-order chi connectivity index (χ0) is 31.8. The van der Waals surface area contributed by atoms with Crippen molar-refractivity contribution in [2.75, 3.05) is 32.6 Å². The van der Waals surface area contributed by atoms with Gasteiger partial charge in [-0.2, -0.15) is 0 Å². The number of ether oxygens (including phenoxy) is 2. The molecule has 2 aromatic carbocycles. The van der Waals surface area contributed by atoms with Crippen LogP contribution in [0.1, 0.15) is 86.0 Å². The minimum atomic E-state index is -0.407. The Morgan fingerprint density at radius 1 is 0.870 bits per heavy atom. The standard InChI is InChI=1S/C35H41Cl2N3O5.ClH/c1-43-23-19-29(44-2)33-28(41)21-31(45-30(33)20-23)35(42)39-16-12-8-6-4-3-5-7-11-15-38-34-24-13-9-10-14-26(24)40-27-18-22(36)17-25(37)32(27)34;/h17-21H,3-16H2,1-2H3,(H,38,40)(H,39,42);1H. The summed E-state index contributed by atoms with van der Waals surface area (Å²) in [5.74, 6) is 0.387. The summed E-state index contributed by atoms with van der Waals surface area (Å²) in [5, 5.41) is 9.11. The molecule has 248 valence electrons. The van der Waals surface area contributed by atoms with Crippen molar-refractivity contribution in [1.82, 2.24) is 10.3 Å². The number of carbonyl (C=O) groups is 1. The van der Waals surface area contributed by atoms with E-state index >= 15 is 0 Å². The normalized spacial score (nSPS) is 12.4. The van der Waals surface area contributed by atoms with Crippen LogP contribution >= 0.6 is 35.6 Å². The molecule has 1 aliphatic rings. The van der Waals surface area contributed by atoms with Gasteiger partial charge in [-0.05, 0) is 56.2 Å². The Hall–Kier alpha value is -3.20. The lowest BCUT2D eigenvalue weighted by Crippen LogP contribution is -2.25. The molecule has 0 fully saturated rings.